The van der Waals surface area contributed by atoms with Crippen molar-refractivity contribution < 1.29 is 0 Å². The molecule has 2 nitrogen and oxygen atoms in total. The molecule has 0 amide bonds. The number of pyridine rings is 1. The van der Waals surface area contributed by atoms with Crippen molar-refractivity contribution in [2.75, 3.05) is 0 Å². The average Bonchev–Trinajstić information content (AvgIpc) is 2.47. The van der Waals surface area contributed by atoms with Crippen molar-refractivity contribution in [2.45, 2.75) is 13.0 Å². The van der Waals surface area contributed by atoms with Gasteiger partial charge in [-0.1, -0.05) is 30.3 Å². The monoisotopic (exact) mass is 248 g/mol. The zero-order valence-electron chi connectivity index (χ0n) is 10.9. The molecule has 2 aromatic carbocycles. The third kappa shape index (κ3) is 2.35. The Morgan fingerprint density at radius 1 is 0.947 bits per heavy atom. The maximum absolute atomic E-state index is 5.94. The smallest absolute Gasteiger partial charge is 0.0702 e. The van der Waals surface area contributed by atoms with E-state index in [9.17, 15) is 0 Å². The Balaban J connectivity index is 2.11. The Kier molecular flexibility index (Phi) is 3.02. The van der Waals surface area contributed by atoms with E-state index < -0.39 is 0 Å². The van der Waals surface area contributed by atoms with Crippen molar-refractivity contribution in [1.82, 2.24) is 4.98 Å². The lowest BCUT2D eigenvalue weighted by molar-refractivity contribution is 0.819. The van der Waals surface area contributed by atoms with E-state index in [2.05, 4.69) is 53.5 Å². The van der Waals surface area contributed by atoms with Gasteiger partial charge in [-0.25, -0.2) is 0 Å². The minimum atomic E-state index is 0.0575. The summed E-state index contributed by atoms with van der Waals surface area (Å²) < 4.78 is 0. The van der Waals surface area contributed by atoms with Crippen molar-refractivity contribution in [3.05, 3.63) is 66.4 Å². The summed E-state index contributed by atoms with van der Waals surface area (Å²) in [5.41, 5.74) is 10.5. The molecule has 0 aliphatic heterocycles. The normalized spacial score (nSPS) is 12.5. The topological polar surface area (TPSA) is 38.9 Å². The lowest BCUT2D eigenvalue weighted by Crippen LogP contribution is -2.04. The third-order valence-corrected chi connectivity index (χ3v) is 3.35. The molecule has 0 fully saturated rings. The molecule has 3 aromatic rings. The highest BCUT2D eigenvalue weighted by molar-refractivity contribution is 5.84. The molecule has 94 valence electrons. The first-order valence-electron chi connectivity index (χ1n) is 6.45. The van der Waals surface area contributed by atoms with Crippen molar-refractivity contribution in [3.63, 3.8) is 0 Å². The number of nitrogens with zero attached hydrogens (tertiary/aromatic N) is 1. The van der Waals surface area contributed by atoms with Crippen LogP contribution in [0.2, 0.25) is 0 Å². The lowest BCUT2D eigenvalue weighted by Gasteiger charge is -2.09. The van der Waals surface area contributed by atoms with Gasteiger partial charge in [0.25, 0.3) is 0 Å². The van der Waals surface area contributed by atoms with E-state index in [1.54, 1.807) is 0 Å². The third-order valence-electron chi connectivity index (χ3n) is 3.35. The molecule has 0 aliphatic carbocycles. The van der Waals surface area contributed by atoms with Crippen LogP contribution in [0.3, 0.4) is 0 Å². The number of rotatable bonds is 2. The molecule has 1 aromatic heterocycles. The molecule has 1 heterocycles. The minimum absolute atomic E-state index is 0.0575. The predicted molar refractivity (Wildman–Crippen MR) is 79.8 cm³/mol. The van der Waals surface area contributed by atoms with Gasteiger partial charge in [-0.05, 0) is 47.9 Å². The molecule has 1 unspecified atom stereocenters. The first kappa shape index (κ1) is 11.9. The molecule has 2 N–H and O–H groups in total. The molecular weight excluding hydrogens is 232 g/mol. The summed E-state index contributed by atoms with van der Waals surface area (Å²) in [6, 6.07) is 18.8. The van der Waals surface area contributed by atoms with Gasteiger partial charge in [0.2, 0.25) is 0 Å². The van der Waals surface area contributed by atoms with Crippen LogP contribution in [0, 0.1) is 0 Å². The number of aromatic nitrogens is 1. The van der Waals surface area contributed by atoms with Crippen molar-refractivity contribution in [1.29, 1.82) is 0 Å². The van der Waals surface area contributed by atoms with Crippen molar-refractivity contribution in [3.8, 4) is 11.1 Å². The predicted octanol–water partition coefficient (Wildman–Crippen LogP) is 3.92. The summed E-state index contributed by atoms with van der Waals surface area (Å²) in [7, 11) is 0. The number of fused-ring (bicyclic) bond motifs is 1. The zero-order valence-corrected chi connectivity index (χ0v) is 10.9. The number of nitrogens with two attached hydrogens (primary N) is 1. The SMILES string of the molecule is CC(N)c1cccc(-c2ccc3ncccc3c2)c1. The van der Waals surface area contributed by atoms with E-state index in [0.717, 1.165) is 16.5 Å². The molecule has 0 saturated carbocycles. The molecule has 0 radical (unpaired) electrons. The summed E-state index contributed by atoms with van der Waals surface area (Å²) in [4.78, 5) is 4.34. The standard InChI is InChI=1S/C17H16N2/c1-12(18)13-4-2-5-14(10-13)15-7-8-17-16(11-15)6-3-9-19-17/h2-12H,18H2,1H3. The summed E-state index contributed by atoms with van der Waals surface area (Å²) in [5.74, 6) is 0. The highest BCUT2D eigenvalue weighted by atomic mass is 14.6. The highest BCUT2D eigenvalue weighted by Gasteiger charge is 2.03. The molecular formula is C17H16N2. The van der Waals surface area contributed by atoms with Gasteiger partial charge in [-0.3, -0.25) is 4.98 Å². The van der Waals surface area contributed by atoms with Crippen LogP contribution in [0.4, 0.5) is 0 Å². The van der Waals surface area contributed by atoms with Crippen LogP contribution in [0.15, 0.2) is 60.8 Å². The van der Waals surface area contributed by atoms with Gasteiger partial charge >= 0.3 is 0 Å². The van der Waals surface area contributed by atoms with E-state index in [0.29, 0.717) is 0 Å². The Morgan fingerprint density at radius 2 is 1.79 bits per heavy atom. The first-order chi connectivity index (χ1) is 9.24. The van der Waals surface area contributed by atoms with Crippen LogP contribution in [0.1, 0.15) is 18.5 Å². The fourth-order valence-electron chi connectivity index (χ4n) is 2.26. The Morgan fingerprint density at radius 3 is 2.63 bits per heavy atom. The van der Waals surface area contributed by atoms with Gasteiger partial charge < -0.3 is 5.73 Å². The molecule has 0 saturated heterocycles. The van der Waals surface area contributed by atoms with Crippen LogP contribution < -0.4 is 5.73 Å². The fraction of sp³-hybridized carbons (Fsp3) is 0.118. The van der Waals surface area contributed by atoms with Gasteiger partial charge in [0.05, 0.1) is 5.52 Å². The Hall–Kier alpha value is -2.19. The van der Waals surface area contributed by atoms with Crippen LogP contribution in [0.5, 0.6) is 0 Å². The molecule has 19 heavy (non-hydrogen) atoms. The van der Waals surface area contributed by atoms with Gasteiger partial charge in [0, 0.05) is 17.6 Å². The second-order valence-corrected chi connectivity index (χ2v) is 4.83. The van der Waals surface area contributed by atoms with Gasteiger partial charge in [-0.2, -0.15) is 0 Å². The fourth-order valence-corrected chi connectivity index (χ4v) is 2.26. The Labute approximate surface area is 112 Å². The quantitative estimate of drug-likeness (QED) is 0.746. The maximum atomic E-state index is 5.94. The molecule has 2 heteroatoms. The van der Waals surface area contributed by atoms with Crippen molar-refractivity contribution >= 4 is 10.9 Å². The second kappa shape index (κ2) is 4.82. The molecule has 0 aliphatic rings. The van der Waals surface area contributed by atoms with Crippen LogP contribution in [-0.4, -0.2) is 4.98 Å². The largest absolute Gasteiger partial charge is 0.324 e. The van der Waals surface area contributed by atoms with E-state index in [1.807, 2.05) is 19.2 Å². The maximum Gasteiger partial charge on any atom is 0.0702 e. The van der Waals surface area contributed by atoms with E-state index in [-0.39, 0.29) is 6.04 Å². The van der Waals surface area contributed by atoms with Gasteiger partial charge in [0.1, 0.15) is 0 Å². The lowest BCUT2D eigenvalue weighted by atomic mass is 9.99. The van der Waals surface area contributed by atoms with E-state index >= 15 is 0 Å². The van der Waals surface area contributed by atoms with Crippen LogP contribution in [-0.2, 0) is 0 Å². The summed E-state index contributed by atoms with van der Waals surface area (Å²) in [6.07, 6.45) is 1.82. The number of hydrogen-bond donors (Lipinski definition) is 1. The summed E-state index contributed by atoms with van der Waals surface area (Å²) >= 11 is 0. The Bertz CT molecular complexity index is 717. The number of benzene rings is 2. The highest BCUT2D eigenvalue weighted by Crippen LogP contribution is 2.25. The van der Waals surface area contributed by atoms with E-state index in [4.69, 9.17) is 5.73 Å². The zero-order chi connectivity index (χ0) is 13.2. The van der Waals surface area contributed by atoms with Gasteiger partial charge in [0.15, 0.2) is 0 Å². The number of hydrogen-bond acceptors (Lipinski definition) is 2. The molecule has 3 rings (SSSR count). The molecule has 0 spiro atoms. The summed E-state index contributed by atoms with van der Waals surface area (Å²) in [5, 5.41) is 1.16. The van der Waals surface area contributed by atoms with Crippen LogP contribution in [0.25, 0.3) is 22.0 Å². The molecule has 0 bridgehead atoms. The second-order valence-electron chi connectivity index (χ2n) is 4.83. The average molecular weight is 248 g/mol. The van der Waals surface area contributed by atoms with Gasteiger partial charge in [-0.15, -0.1) is 0 Å². The van der Waals surface area contributed by atoms with Crippen molar-refractivity contribution in [2.24, 2.45) is 5.73 Å². The molecule has 1 atom stereocenters. The summed E-state index contributed by atoms with van der Waals surface area (Å²) in [6.45, 7) is 2.00. The minimum Gasteiger partial charge on any atom is -0.324 e. The van der Waals surface area contributed by atoms with E-state index in [1.165, 1.54) is 11.1 Å². The van der Waals surface area contributed by atoms with Crippen LogP contribution >= 0.6 is 0 Å². The first-order valence-corrected chi connectivity index (χ1v) is 6.45.